The molecular weight excluding hydrogens is 236 g/mol. The maximum absolute atomic E-state index is 5.86. The highest BCUT2D eigenvalue weighted by atomic mass is 35.5. The Balaban J connectivity index is 2.14. The first-order valence-electron chi connectivity index (χ1n) is 5.30. The van der Waals surface area contributed by atoms with Gasteiger partial charge >= 0.3 is 0 Å². The van der Waals surface area contributed by atoms with Crippen molar-refractivity contribution >= 4 is 11.6 Å². The van der Waals surface area contributed by atoms with Gasteiger partial charge in [-0.1, -0.05) is 23.7 Å². The van der Waals surface area contributed by atoms with Crippen LogP contribution in [-0.4, -0.2) is 4.98 Å². The van der Waals surface area contributed by atoms with Gasteiger partial charge in [0.25, 0.3) is 0 Å². The van der Waals surface area contributed by atoms with Crippen molar-refractivity contribution in [3.05, 3.63) is 53.2 Å². The van der Waals surface area contributed by atoms with Crippen molar-refractivity contribution in [2.45, 2.75) is 13.0 Å². The molecule has 0 fully saturated rings. The van der Waals surface area contributed by atoms with Crippen LogP contribution in [0.15, 0.2) is 42.6 Å². The van der Waals surface area contributed by atoms with Crippen LogP contribution < -0.4 is 10.5 Å². The number of hydrogen-bond acceptors (Lipinski definition) is 3. The Labute approximate surface area is 105 Å². The lowest BCUT2D eigenvalue weighted by molar-refractivity contribution is 0.462. The Morgan fingerprint density at radius 2 is 2.12 bits per heavy atom. The summed E-state index contributed by atoms with van der Waals surface area (Å²) in [6.45, 7) is 1.91. The fraction of sp³-hybridized carbons (Fsp3) is 0.154. The summed E-state index contributed by atoms with van der Waals surface area (Å²) in [7, 11) is 0. The van der Waals surface area contributed by atoms with E-state index in [1.807, 2.05) is 25.1 Å². The van der Waals surface area contributed by atoms with Crippen LogP contribution in [0.3, 0.4) is 0 Å². The van der Waals surface area contributed by atoms with Gasteiger partial charge in [-0.2, -0.15) is 0 Å². The number of ether oxygens (including phenoxy) is 1. The molecule has 0 aliphatic rings. The van der Waals surface area contributed by atoms with E-state index in [1.165, 1.54) is 0 Å². The maximum Gasteiger partial charge on any atom is 0.219 e. The molecule has 0 saturated carbocycles. The lowest BCUT2D eigenvalue weighted by Gasteiger charge is -2.07. The van der Waals surface area contributed by atoms with Crippen molar-refractivity contribution in [2.24, 2.45) is 5.73 Å². The molecule has 0 aliphatic heterocycles. The number of benzene rings is 1. The smallest absolute Gasteiger partial charge is 0.219 e. The Kier molecular flexibility index (Phi) is 3.61. The molecule has 3 nitrogen and oxygen atoms in total. The molecule has 0 bridgehead atoms. The van der Waals surface area contributed by atoms with E-state index in [4.69, 9.17) is 22.1 Å². The summed E-state index contributed by atoms with van der Waals surface area (Å²) < 4.78 is 5.56. The van der Waals surface area contributed by atoms with E-state index in [9.17, 15) is 0 Å². The van der Waals surface area contributed by atoms with E-state index in [0.29, 0.717) is 16.7 Å². The van der Waals surface area contributed by atoms with E-state index in [1.54, 1.807) is 24.4 Å². The van der Waals surface area contributed by atoms with Crippen LogP contribution in [0.1, 0.15) is 18.5 Å². The summed E-state index contributed by atoms with van der Waals surface area (Å²) in [4.78, 5) is 4.18. The topological polar surface area (TPSA) is 48.1 Å². The van der Waals surface area contributed by atoms with Crippen LogP contribution in [0.5, 0.6) is 11.6 Å². The zero-order chi connectivity index (χ0) is 12.3. The molecule has 0 spiro atoms. The molecule has 17 heavy (non-hydrogen) atoms. The Morgan fingerprint density at radius 3 is 2.71 bits per heavy atom. The van der Waals surface area contributed by atoms with Gasteiger partial charge < -0.3 is 10.5 Å². The third kappa shape index (κ3) is 3.19. The van der Waals surface area contributed by atoms with Crippen molar-refractivity contribution in [1.29, 1.82) is 0 Å². The molecule has 0 amide bonds. The molecule has 1 aromatic heterocycles. The molecule has 0 saturated heterocycles. The first-order chi connectivity index (χ1) is 8.15. The second-order valence-electron chi connectivity index (χ2n) is 3.78. The van der Waals surface area contributed by atoms with Crippen LogP contribution in [0, 0.1) is 0 Å². The Bertz CT molecular complexity index is 497. The van der Waals surface area contributed by atoms with Crippen LogP contribution in [0.25, 0.3) is 0 Å². The minimum Gasteiger partial charge on any atom is -0.439 e. The Morgan fingerprint density at radius 1 is 1.29 bits per heavy atom. The summed E-state index contributed by atoms with van der Waals surface area (Å²) in [5, 5.41) is 0.634. The first kappa shape index (κ1) is 11.9. The predicted octanol–water partition coefficient (Wildman–Crippen LogP) is 3.55. The van der Waals surface area contributed by atoms with Crippen LogP contribution in [-0.2, 0) is 0 Å². The number of hydrogen-bond donors (Lipinski definition) is 1. The van der Waals surface area contributed by atoms with E-state index in [2.05, 4.69) is 4.98 Å². The molecule has 88 valence electrons. The second kappa shape index (κ2) is 5.17. The van der Waals surface area contributed by atoms with Gasteiger partial charge in [0.2, 0.25) is 5.88 Å². The summed E-state index contributed by atoms with van der Waals surface area (Å²) in [5.74, 6) is 1.19. The number of rotatable bonds is 3. The maximum atomic E-state index is 5.86. The van der Waals surface area contributed by atoms with Gasteiger partial charge in [-0.15, -0.1) is 0 Å². The van der Waals surface area contributed by atoms with E-state index in [-0.39, 0.29) is 6.04 Å². The molecule has 0 unspecified atom stereocenters. The van der Waals surface area contributed by atoms with Crippen molar-refractivity contribution in [3.8, 4) is 11.6 Å². The molecular formula is C13H13ClN2O. The van der Waals surface area contributed by atoms with Gasteiger partial charge in [0.05, 0.1) is 0 Å². The minimum atomic E-state index is -0.0253. The average Bonchev–Trinajstić information content (AvgIpc) is 2.29. The van der Waals surface area contributed by atoms with Crippen molar-refractivity contribution < 1.29 is 4.74 Å². The molecule has 0 radical (unpaired) electrons. The van der Waals surface area contributed by atoms with Gasteiger partial charge in [0.15, 0.2) is 0 Å². The van der Waals surface area contributed by atoms with E-state index < -0.39 is 0 Å². The second-order valence-corrected chi connectivity index (χ2v) is 4.21. The molecule has 4 heteroatoms. The zero-order valence-electron chi connectivity index (χ0n) is 9.43. The third-order valence-corrected chi connectivity index (χ3v) is 2.54. The minimum absolute atomic E-state index is 0.0253. The van der Waals surface area contributed by atoms with Gasteiger partial charge in [-0.25, -0.2) is 4.98 Å². The Hall–Kier alpha value is -1.58. The number of aromatic nitrogens is 1. The highest BCUT2D eigenvalue weighted by Gasteiger charge is 2.02. The van der Waals surface area contributed by atoms with Crippen molar-refractivity contribution in [2.75, 3.05) is 0 Å². The third-order valence-electron chi connectivity index (χ3n) is 2.30. The lowest BCUT2D eigenvalue weighted by atomic mass is 10.2. The number of pyridine rings is 1. The number of halogens is 1. The fourth-order valence-corrected chi connectivity index (χ4v) is 1.55. The molecule has 1 heterocycles. The highest BCUT2D eigenvalue weighted by molar-refractivity contribution is 6.30. The van der Waals surface area contributed by atoms with Gasteiger partial charge in [0, 0.05) is 23.3 Å². The fourth-order valence-electron chi connectivity index (χ4n) is 1.37. The number of nitrogens with zero attached hydrogens (tertiary/aromatic N) is 1. The van der Waals surface area contributed by atoms with Gasteiger partial charge in [-0.05, 0) is 30.7 Å². The van der Waals surface area contributed by atoms with Crippen LogP contribution in [0.2, 0.25) is 5.02 Å². The standard InChI is InChI=1S/C13H13ClN2O/c1-9(15)10-5-6-13(16-8-10)17-12-4-2-3-11(14)7-12/h2-9H,15H2,1H3/t9-/m0/s1. The molecule has 0 aliphatic carbocycles. The SMILES string of the molecule is C[C@H](N)c1ccc(Oc2cccc(Cl)c2)nc1. The summed E-state index contributed by atoms with van der Waals surface area (Å²) in [6, 6.07) is 10.9. The van der Waals surface area contributed by atoms with Crippen molar-refractivity contribution in [3.63, 3.8) is 0 Å². The summed E-state index contributed by atoms with van der Waals surface area (Å²) in [5.41, 5.74) is 6.71. The summed E-state index contributed by atoms with van der Waals surface area (Å²) >= 11 is 5.86. The predicted molar refractivity (Wildman–Crippen MR) is 68.4 cm³/mol. The first-order valence-corrected chi connectivity index (χ1v) is 5.68. The zero-order valence-corrected chi connectivity index (χ0v) is 10.2. The van der Waals surface area contributed by atoms with E-state index in [0.717, 1.165) is 5.56 Å². The monoisotopic (exact) mass is 248 g/mol. The lowest BCUT2D eigenvalue weighted by Crippen LogP contribution is -2.05. The average molecular weight is 249 g/mol. The van der Waals surface area contributed by atoms with Crippen molar-refractivity contribution in [1.82, 2.24) is 4.98 Å². The van der Waals surface area contributed by atoms with Crippen LogP contribution in [0.4, 0.5) is 0 Å². The molecule has 1 aromatic carbocycles. The molecule has 2 aromatic rings. The highest BCUT2D eigenvalue weighted by Crippen LogP contribution is 2.23. The molecule has 2 rings (SSSR count). The van der Waals surface area contributed by atoms with E-state index >= 15 is 0 Å². The quantitative estimate of drug-likeness (QED) is 0.904. The largest absolute Gasteiger partial charge is 0.439 e. The van der Waals surface area contributed by atoms with Gasteiger partial charge in [-0.3, -0.25) is 0 Å². The van der Waals surface area contributed by atoms with Gasteiger partial charge in [0.1, 0.15) is 5.75 Å². The molecule has 1 atom stereocenters. The van der Waals surface area contributed by atoms with Crippen LogP contribution >= 0.6 is 11.6 Å². The molecule has 2 N–H and O–H groups in total. The number of nitrogens with two attached hydrogens (primary N) is 1. The summed E-state index contributed by atoms with van der Waals surface area (Å²) in [6.07, 6.45) is 1.71. The normalized spacial score (nSPS) is 12.2.